The van der Waals surface area contributed by atoms with Crippen molar-refractivity contribution in [2.24, 2.45) is 0 Å². The predicted molar refractivity (Wildman–Crippen MR) is 107 cm³/mol. The molecule has 0 N–H and O–H groups in total. The Morgan fingerprint density at radius 2 is 1.38 bits per heavy atom. The van der Waals surface area contributed by atoms with Crippen molar-refractivity contribution in [3.63, 3.8) is 0 Å². The van der Waals surface area contributed by atoms with Crippen LogP contribution in [0.1, 0.15) is 5.56 Å². The van der Waals surface area contributed by atoms with Crippen molar-refractivity contribution < 1.29 is 4.57 Å². The second-order valence-corrected chi connectivity index (χ2v) is 6.58. The summed E-state index contributed by atoms with van der Waals surface area (Å²) in [5.41, 5.74) is 4.98. The van der Waals surface area contributed by atoms with Crippen LogP contribution in [0, 0.1) is 0 Å². The molecule has 0 fully saturated rings. The van der Waals surface area contributed by atoms with Gasteiger partial charge in [-0.15, -0.1) is 0 Å². The van der Waals surface area contributed by atoms with Crippen LogP contribution in [0.25, 0.3) is 27.5 Å². The van der Waals surface area contributed by atoms with Gasteiger partial charge in [0.15, 0.2) is 11.0 Å². The van der Waals surface area contributed by atoms with Gasteiger partial charge in [-0.1, -0.05) is 72.8 Å². The maximum absolute atomic E-state index is 2.34. The lowest BCUT2D eigenvalue weighted by Crippen LogP contribution is -2.32. The summed E-state index contributed by atoms with van der Waals surface area (Å²) < 4.78 is 4.60. The van der Waals surface area contributed by atoms with Crippen molar-refractivity contribution in [2.75, 3.05) is 0 Å². The molecule has 1 heterocycles. The molecule has 2 nitrogen and oxygen atoms in total. The Morgan fingerprint density at radius 3 is 2.31 bits per heavy atom. The molecule has 0 saturated carbocycles. The molecular formula is C24H19N2+. The van der Waals surface area contributed by atoms with Crippen molar-refractivity contribution >= 4 is 21.8 Å². The van der Waals surface area contributed by atoms with Crippen molar-refractivity contribution in [1.29, 1.82) is 0 Å². The highest BCUT2D eigenvalue weighted by atomic mass is 15.1. The Morgan fingerprint density at radius 1 is 0.654 bits per heavy atom. The molecule has 1 aromatic heterocycles. The smallest absolute Gasteiger partial charge is 0.225 e. The summed E-state index contributed by atoms with van der Waals surface area (Å²) >= 11 is 0. The van der Waals surface area contributed by atoms with E-state index in [0.717, 1.165) is 6.54 Å². The first-order chi connectivity index (χ1) is 12.9. The van der Waals surface area contributed by atoms with E-state index in [1.807, 2.05) is 0 Å². The minimum absolute atomic E-state index is 0.849. The summed E-state index contributed by atoms with van der Waals surface area (Å²) in [5.74, 6) is 0. The summed E-state index contributed by atoms with van der Waals surface area (Å²) in [4.78, 5) is 0. The quantitative estimate of drug-likeness (QED) is 0.405. The van der Waals surface area contributed by atoms with Crippen LogP contribution < -0.4 is 4.57 Å². The normalized spacial score (nSPS) is 11.2. The van der Waals surface area contributed by atoms with Crippen LogP contribution in [0.5, 0.6) is 0 Å². The van der Waals surface area contributed by atoms with Gasteiger partial charge in [-0.25, -0.2) is 4.57 Å². The van der Waals surface area contributed by atoms with E-state index in [2.05, 4.69) is 113 Å². The van der Waals surface area contributed by atoms with Crippen LogP contribution in [-0.2, 0) is 6.54 Å². The maximum atomic E-state index is 2.34. The molecule has 4 aromatic carbocycles. The van der Waals surface area contributed by atoms with Gasteiger partial charge in [0.25, 0.3) is 0 Å². The fourth-order valence-corrected chi connectivity index (χ4v) is 3.71. The van der Waals surface area contributed by atoms with Crippen molar-refractivity contribution in [3.05, 3.63) is 109 Å². The van der Waals surface area contributed by atoms with E-state index in [9.17, 15) is 0 Å². The van der Waals surface area contributed by atoms with Crippen molar-refractivity contribution in [1.82, 2.24) is 4.57 Å². The molecule has 0 saturated heterocycles. The van der Waals surface area contributed by atoms with Crippen LogP contribution in [0.4, 0.5) is 0 Å². The number of rotatable bonds is 3. The summed E-state index contributed by atoms with van der Waals surface area (Å²) in [6.07, 6.45) is 2.21. The number of nitrogens with zero attached hydrogens (tertiary/aromatic N) is 2. The highest BCUT2D eigenvalue weighted by Gasteiger charge is 2.17. The number of fused-ring (bicyclic) bond motifs is 2. The van der Waals surface area contributed by atoms with Crippen LogP contribution in [-0.4, -0.2) is 4.57 Å². The molecule has 0 aliphatic heterocycles. The van der Waals surface area contributed by atoms with Gasteiger partial charge in [0.05, 0.1) is 0 Å². The SMILES string of the molecule is c1ccc(-n2c[n+](Cc3cccc4ccccc34)c3ccccc32)cc1. The van der Waals surface area contributed by atoms with Gasteiger partial charge < -0.3 is 0 Å². The second-order valence-electron chi connectivity index (χ2n) is 6.58. The Bertz CT molecular complexity index is 1200. The van der Waals surface area contributed by atoms with Crippen LogP contribution >= 0.6 is 0 Å². The minimum atomic E-state index is 0.849. The lowest BCUT2D eigenvalue weighted by atomic mass is 10.0. The number of hydrogen-bond acceptors (Lipinski definition) is 0. The Balaban J connectivity index is 1.68. The molecule has 0 atom stereocenters. The molecule has 5 rings (SSSR count). The molecule has 0 radical (unpaired) electrons. The molecule has 2 heteroatoms. The molecule has 0 aliphatic rings. The number of imidazole rings is 1. The molecule has 0 spiro atoms. The van der Waals surface area contributed by atoms with Gasteiger partial charge in [-0.05, 0) is 35.0 Å². The van der Waals surface area contributed by atoms with E-state index in [0.29, 0.717) is 0 Å². The lowest BCUT2D eigenvalue weighted by Gasteiger charge is -2.04. The Labute approximate surface area is 152 Å². The van der Waals surface area contributed by atoms with E-state index >= 15 is 0 Å². The number of hydrogen-bond donors (Lipinski definition) is 0. The fourth-order valence-electron chi connectivity index (χ4n) is 3.71. The largest absolute Gasteiger partial charge is 0.250 e. The first-order valence-electron chi connectivity index (χ1n) is 8.92. The van der Waals surface area contributed by atoms with Crippen molar-refractivity contribution in [3.8, 4) is 5.69 Å². The third-order valence-corrected chi connectivity index (χ3v) is 4.96. The molecular weight excluding hydrogens is 316 g/mol. The molecule has 0 bridgehead atoms. The van der Waals surface area contributed by atoms with E-state index in [4.69, 9.17) is 0 Å². The summed E-state index contributed by atoms with van der Waals surface area (Å²) in [6, 6.07) is 34.3. The highest BCUT2D eigenvalue weighted by molar-refractivity contribution is 5.85. The fraction of sp³-hybridized carbons (Fsp3) is 0.0417. The van der Waals surface area contributed by atoms with Gasteiger partial charge in [0, 0.05) is 5.56 Å². The number of aromatic nitrogens is 2. The third-order valence-electron chi connectivity index (χ3n) is 4.96. The average molecular weight is 335 g/mol. The van der Waals surface area contributed by atoms with Crippen LogP contribution in [0.2, 0.25) is 0 Å². The first kappa shape index (κ1) is 14.9. The monoisotopic (exact) mass is 335 g/mol. The molecule has 26 heavy (non-hydrogen) atoms. The van der Waals surface area contributed by atoms with Gasteiger partial charge in [0.1, 0.15) is 12.2 Å². The number of benzene rings is 4. The predicted octanol–water partition coefficient (Wildman–Crippen LogP) is 5.12. The molecule has 124 valence electrons. The van der Waals surface area contributed by atoms with Gasteiger partial charge in [-0.3, -0.25) is 0 Å². The zero-order valence-corrected chi connectivity index (χ0v) is 14.4. The average Bonchev–Trinajstić information content (AvgIpc) is 3.08. The highest BCUT2D eigenvalue weighted by Crippen LogP contribution is 2.20. The van der Waals surface area contributed by atoms with E-state index in [-0.39, 0.29) is 0 Å². The lowest BCUT2D eigenvalue weighted by molar-refractivity contribution is -0.662. The standard InChI is InChI=1S/C24H19N2/c1-2-12-21(13-3-1)26-18-25(23-15-6-7-16-24(23)26)17-20-11-8-10-19-9-4-5-14-22(19)20/h1-16,18H,17H2/q+1. The van der Waals surface area contributed by atoms with E-state index < -0.39 is 0 Å². The summed E-state index contributed by atoms with van der Waals surface area (Å²) in [5, 5.41) is 2.61. The van der Waals surface area contributed by atoms with Crippen LogP contribution in [0.15, 0.2) is 103 Å². The molecule has 5 aromatic rings. The zero-order valence-electron chi connectivity index (χ0n) is 14.4. The minimum Gasteiger partial charge on any atom is -0.225 e. The maximum Gasteiger partial charge on any atom is 0.250 e. The topological polar surface area (TPSA) is 8.81 Å². The first-order valence-corrected chi connectivity index (χ1v) is 8.92. The van der Waals surface area contributed by atoms with Crippen LogP contribution in [0.3, 0.4) is 0 Å². The number of para-hydroxylation sites is 3. The van der Waals surface area contributed by atoms with Gasteiger partial charge in [0.2, 0.25) is 6.33 Å². The summed E-state index contributed by atoms with van der Waals surface area (Å²) in [7, 11) is 0. The van der Waals surface area contributed by atoms with Gasteiger partial charge in [-0.2, -0.15) is 4.57 Å². The van der Waals surface area contributed by atoms with E-state index in [1.54, 1.807) is 0 Å². The zero-order chi connectivity index (χ0) is 17.3. The van der Waals surface area contributed by atoms with Crippen molar-refractivity contribution in [2.45, 2.75) is 6.54 Å². The Kier molecular flexibility index (Phi) is 3.53. The molecule has 0 aliphatic carbocycles. The molecule has 0 unspecified atom stereocenters. The third kappa shape index (κ3) is 2.47. The molecule has 0 amide bonds. The van der Waals surface area contributed by atoms with E-state index in [1.165, 1.54) is 33.1 Å². The second kappa shape index (κ2) is 6.16. The van der Waals surface area contributed by atoms with Gasteiger partial charge >= 0.3 is 0 Å². The summed E-state index contributed by atoms with van der Waals surface area (Å²) in [6.45, 7) is 0.849. The Hall–Kier alpha value is -3.39.